The summed E-state index contributed by atoms with van der Waals surface area (Å²) in [5.74, 6) is -0.0339. The molecule has 0 amide bonds. The minimum Gasteiger partial charge on any atom is -0.462 e. The van der Waals surface area contributed by atoms with Crippen LogP contribution in [0.4, 0.5) is 0 Å². The molecule has 0 aliphatic heterocycles. The van der Waals surface area contributed by atoms with Gasteiger partial charge in [-0.25, -0.2) is 4.79 Å². The Hall–Kier alpha value is -1.30. The number of allylic oxidation sites excluding steroid dienone is 1. The molecular weight excluding hydrogens is 202 g/mol. The van der Waals surface area contributed by atoms with E-state index >= 15 is 0 Å². The molecule has 0 aliphatic carbocycles. The van der Waals surface area contributed by atoms with Crippen molar-refractivity contribution in [3.63, 3.8) is 0 Å². The Kier molecular flexibility index (Phi) is 7.28. The van der Waals surface area contributed by atoms with E-state index in [9.17, 15) is 4.79 Å². The number of carbonyl (C=O) groups excluding carboxylic acids is 1. The molecule has 3 nitrogen and oxygen atoms in total. The second-order valence-electron chi connectivity index (χ2n) is 4.16. The first kappa shape index (κ1) is 14.7. The van der Waals surface area contributed by atoms with E-state index in [4.69, 9.17) is 10.00 Å². The Labute approximate surface area is 98.1 Å². The van der Waals surface area contributed by atoms with E-state index in [0.29, 0.717) is 12.5 Å². The van der Waals surface area contributed by atoms with Crippen LogP contribution in [-0.2, 0) is 9.53 Å². The molecule has 0 saturated carbocycles. The lowest BCUT2D eigenvalue weighted by Gasteiger charge is -2.11. The van der Waals surface area contributed by atoms with E-state index < -0.39 is 5.97 Å². The number of hydrogen-bond acceptors (Lipinski definition) is 3. The van der Waals surface area contributed by atoms with Crippen LogP contribution in [0.25, 0.3) is 0 Å². The van der Waals surface area contributed by atoms with Gasteiger partial charge < -0.3 is 4.74 Å². The van der Waals surface area contributed by atoms with Crippen LogP contribution in [0.15, 0.2) is 11.1 Å². The van der Waals surface area contributed by atoms with E-state index in [-0.39, 0.29) is 5.57 Å². The summed E-state index contributed by atoms with van der Waals surface area (Å²) in [5.41, 5.74) is 1.14. The first-order chi connectivity index (χ1) is 7.56. The maximum atomic E-state index is 11.6. The normalized spacial score (nSPS) is 12.0. The summed E-state index contributed by atoms with van der Waals surface area (Å²) in [4.78, 5) is 11.6. The third-order valence-electron chi connectivity index (χ3n) is 2.15. The van der Waals surface area contributed by atoms with Crippen molar-refractivity contribution >= 4 is 5.97 Å². The maximum Gasteiger partial charge on any atom is 0.348 e. The summed E-state index contributed by atoms with van der Waals surface area (Å²) in [6, 6.07) is 1.98. The van der Waals surface area contributed by atoms with Gasteiger partial charge in [0, 0.05) is 0 Å². The quantitative estimate of drug-likeness (QED) is 0.394. The molecular formula is C13H21NO2. The number of rotatable bonds is 6. The number of carbonyl (C=O) groups is 1. The lowest BCUT2D eigenvalue weighted by Crippen LogP contribution is -2.10. The Bertz CT molecular complexity index is 298. The van der Waals surface area contributed by atoms with Gasteiger partial charge in [0.2, 0.25) is 0 Å². The molecule has 0 aromatic heterocycles. The minimum atomic E-state index is -0.478. The topological polar surface area (TPSA) is 50.1 Å². The zero-order valence-corrected chi connectivity index (χ0v) is 10.7. The monoisotopic (exact) mass is 223 g/mol. The minimum absolute atomic E-state index is 0.206. The van der Waals surface area contributed by atoms with Crippen molar-refractivity contribution in [3.8, 4) is 6.07 Å². The largest absolute Gasteiger partial charge is 0.462 e. The molecule has 90 valence electrons. The van der Waals surface area contributed by atoms with Crippen LogP contribution in [0.5, 0.6) is 0 Å². The van der Waals surface area contributed by atoms with E-state index in [1.807, 2.05) is 13.0 Å². The van der Waals surface area contributed by atoms with Crippen LogP contribution >= 0.6 is 0 Å². The van der Waals surface area contributed by atoms with Gasteiger partial charge in [-0.05, 0) is 31.3 Å². The summed E-state index contributed by atoms with van der Waals surface area (Å²) in [6.07, 6.45) is 2.52. The highest BCUT2D eigenvalue weighted by Crippen LogP contribution is 2.20. The van der Waals surface area contributed by atoms with Gasteiger partial charge in [-0.1, -0.05) is 27.2 Å². The molecule has 0 rings (SSSR count). The summed E-state index contributed by atoms with van der Waals surface area (Å²) in [7, 11) is 0. The smallest absolute Gasteiger partial charge is 0.348 e. The van der Waals surface area contributed by atoms with Crippen molar-refractivity contribution < 1.29 is 9.53 Å². The fourth-order valence-corrected chi connectivity index (χ4v) is 1.60. The van der Waals surface area contributed by atoms with Gasteiger partial charge in [0.1, 0.15) is 11.6 Å². The summed E-state index contributed by atoms with van der Waals surface area (Å²) >= 11 is 0. The van der Waals surface area contributed by atoms with Gasteiger partial charge in [-0.3, -0.25) is 0 Å². The first-order valence-corrected chi connectivity index (χ1v) is 5.85. The lowest BCUT2D eigenvalue weighted by atomic mass is 9.95. The number of ether oxygens (including phenoxy) is 1. The average molecular weight is 223 g/mol. The van der Waals surface area contributed by atoms with E-state index in [1.165, 1.54) is 0 Å². The number of nitriles is 1. The highest BCUT2D eigenvalue weighted by Gasteiger charge is 2.16. The molecule has 16 heavy (non-hydrogen) atoms. The Morgan fingerprint density at radius 1 is 1.38 bits per heavy atom. The first-order valence-electron chi connectivity index (χ1n) is 5.85. The fourth-order valence-electron chi connectivity index (χ4n) is 1.60. The second kappa shape index (κ2) is 7.92. The van der Waals surface area contributed by atoms with Gasteiger partial charge in [0.15, 0.2) is 0 Å². The molecule has 0 aromatic rings. The molecule has 0 aromatic carbocycles. The van der Waals surface area contributed by atoms with Crippen molar-refractivity contribution in [1.29, 1.82) is 5.26 Å². The molecule has 0 atom stereocenters. The van der Waals surface area contributed by atoms with Crippen molar-refractivity contribution in [3.05, 3.63) is 11.1 Å². The van der Waals surface area contributed by atoms with Gasteiger partial charge in [0.25, 0.3) is 0 Å². The Morgan fingerprint density at radius 3 is 2.38 bits per heavy atom. The van der Waals surface area contributed by atoms with E-state index in [2.05, 4.69) is 13.8 Å². The van der Waals surface area contributed by atoms with Crippen molar-refractivity contribution in [2.75, 3.05) is 6.61 Å². The van der Waals surface area contributed by atoms with Crippen LogP contribution in [0.2, 0.25) is 0 Å². The Balaban J connectivity index is 5.00. The van der Waals surface area contributed by atoms with Crippen LogP contribution < -0.4 is 0 Å². The van der Waals surface area contributed by atoms with Crippen LogP contribution in [0.1, 0.15) is 47.0 Å². The summed E-state index contributed by atoms with van der Waals surface area (Å²) in [5, 5.41) is 9.02. The van der Waals surface area contributed by atoms with Crippen LogP contribution in [0, 0.1) is 17.2 Å². The van der Waals surface area contributed by atoms with Gasteiger partial charge in [-0.2, -0.15) is 5.26 Å². The number of hydrogen-bond donors (Lipinski definition) is 0. The SMILES string of the molecule is CCC/C(CC(C)C)=C(/C#N)C(=O)OCC. The Morgan fingerprint density at radius 2 is 2.00 bits per heavy atom. The molecule has 0 radical (unpaired) electrons. The summed E-state index contributed by atoms with van der Waals surface area (Å²) in [6.45, 7) is 8.26. The standard InChI is InChI=1S/C13H21NO2/c1-5-7-11(8-10(3)4)12(9-14)13(15)16-6-2/h10H,5-8H2,1-4H3/b12-11+. The van der Waals surface area contributed by atoms with Crippen molar-refractivity contribution in [2.24, 2.45) is 5.92 Å². The van der Waals surface area contributed by atoms with E-state index in [0.717, 1.165) is 24.8 Å². The zero-order valence-electron chi connectivity index (χ0n) is 10.7. The molecule has 0 N–H and O–H groups in total. The zero-order chi connectivity index (χ0) is 12.6. The summed E-state index contributed by atoms with van der Waals surface area (Å²) < 4.78 is 4.88. The lowest BCUT2D eigenvalue weighted by molar-refractivity contribution is -0.138. The van der Waals surface area contributed by atoms with Crippen molar-refractivity contribution in [1.82, 2.24) is 0 Å². The highest BCUT2D eigenvalue weighted by atomic mass is 16.5. The van der Waals surface area contributed by atoms with Gasteiger partial charge >= 0.3 is 5.97 Å². The molecule has 0 saturated heterocycles. The van der Waals surface area contributed by atoms with E-state index in [1.54, 1.807) is 6.92 Å². The third kappa shape index (κ3) is 4.97. The molecule has 0 heterocycles. The molecule has 0 spiro atoms. The predicted octanol–water partition coefficient (Wildman–Crippen LogP) is 3.22. The third-order valence-corrected chi connectivity index (χ3v) is 2.15. The maximum absolute atomic E-state index is 11.6. The average Bonchev–Trinajstić information content (AvgIpc) is 2.18. The van der Waals surface area contributed by atoms with Gasteiger partial charge in [-0.15, -0.1) is 0 Å². The van der Waals surface area contributed by atoms with Crippen molar-refractivity contribution in [2.45, 2.75) is 47.0 Å². The number of esters is 1. The fraction of sp³-hybridized carbons (Fsp3) is 0.692. The molecule has 0 bridgehead atoms. The van der Waals surface area contributed by atoms with Crippen LogP contribution in [0.3, 0.4) is 0 Å². The van der Waals surface area contributed by atoms with Gasteiger partial charge in [0.05, 0.1) is 6.61 Å². The molecule has 0 aliphatic rings. The predicted molar refractivity (Wildman–Crippen MR) is 63.6 cm³/mol. The molecule has 0 fully saturated rings. The van der Waals surface area contributed by atoms with Crippen LogP contribution in [-0.4, -0.2) is 12.6 Å². The highest BCUT2D eigenvalue weighted by molar-refractivity contribution is 5.93. The second-order valence-corrected chi connectivity index (χ2v) is 4.16. The number of nitrogens with zero attached hydrogens (tertiary/aromatic N) is 1. The molecule has 0 unspecified atom stereocenters. The molecule has 3 heteroatoms.